The van der Waals surface area contributed by atoms with Gasteiger partial charge in [-0.25, -0.2) is 0 Å². The molecule has 4 heteroatoms. The van der Waals surface area contributed by atoms with E-state index in [0.29, 0.717) is 6.42 Å². The molecule has 0 saturated heterocycles. The third kappa shape index (κ3) is 4.32. The molecule has 0 aliphatic heterocycles. The van der Waals surface area contributed by atoms with E-state index in [1.54, 1.807) is 12.2 Å². The summed E-state index contributed by atoms with van der Waals surface area (Å²) in [6, 6.07) is 0. The third-order valence-electron chi connectivity index (χ3n) is 1.71. The highest BCUT2D eigenvalue weighted by molar-refractivity contribution is 5.67. The van der Waals surface area contributed by atoms with Crippen molar-refractivity contribution in [3.05, 3.63) is 12.2 Å². The SMILES string of the molecule is CC(=O)OC1C#CC=CC(OC(C)=O)C1. The molecule has 0 aromatic rings. The minimum absolute atomic E-state index is 0.367. The molecule has 2 unspecified atom stereocenters. The first-order chi connectivity index (χ1) is 7.08. The van der Waals surface area contributed by atoms with Gasteiger partial charge in [0.05, 0.1) is 0 Å². The van der Waals surface area contributed by atoms with Crippen molar-refractivity contribution in [3.8, 4) is 11.8 Å². The van der Waals surface area contributed by atoms with E-state index in [2.05, 4.69) is 11.8 Å². The van der Waals surface area contributed by atoms with Crippen LogP contribution in [0.3, 0.4) is 0 Å². The number of esters is 2. The highest BCUT2D eigenvalue weighted by Gasteiger charge is 2.18. The molecule has 80 valence electrons. The zero-order chi connectivity index (χ0) is 11.3. The molecule has 0 fully saturated rings. The lowest BCUT2D eigenvalue weighted by Gasteiger charge is -2.16. The minimum Gasteiger partial charge on any atom is -0.458 e. The molecule has 0 aromatic carbocycles. The van der Waals surface area contributed by atoms with Crippen molar-refractivity contribution in [2.45, 2.75) is 32.5 Å². The van der Waals surface area contributed by atoms with Crippen LogP contribution in [0.5, 0.6) is 0 Å². The topological polar surface area (TPSA) is 52.6 Å². The van der Waals surface area contributed by atoms with Gasteiger partial charge >= 0.3 is 11.9 Å². The first-order valence-corrected chi connectivity index (χ1v) is 4.60. The van der Waals surface area contributed by atoms with Crippen LogP contribution in [0.25, 0.3) is 0 Å². The maximum absolute atomic E-state index is 10.7. The quantitative estimate of drug-likeness (QED) is 0.498. The van der Waals surface area contributed by atoms with E-state index in [4.69, 9.17) is 9.47 Å². The lowest BCUT2D eigenvalue weighted by atomic mass is 10.2. The maximum atomic E-state index is 10.7. The fourth-order valence-electron chi connectivity index (χ4n) is 1.22. The second kappa shape index (κ2) is 5.20. The van der Waals surface area contributed by atoms with E-state index in [1.807, 2.05) is 0 Å². The van der Waals surface area contributed by atoms with Gasteiger partial charge in [-0.3, -0.25) is 9.59 Å². The van der Waals surface area contributed by atoms with Crippen LogP contribution < -0.4 is 0 Å². The Bertz CT molecular complexity index is 345. The summed E-state index contributed by atoms with van der Waals surface area (Å²) >= 11 is 0. The van der Waals surface area contributed by atoms with Crippen molar-refractivity contribution < 1.29 is 19.1 Å². The van der Waals surface area contributed by atoms with Gasteiger partial charge < -0.3 is 9.47 Å². The fraction of sp³-hybridized carbons (Fsp3) is 0.455. The zero-order valence-corrected chi connectivity index (χ0v) is 8.65. The molecular weight excluding hydrogens is 196 g/mol. The summed E-state index contributed by atoms with van der Waals surface area (Å²) in [6.45, 7) is 2.65. The van der Waals surface area contributed by atoms with Crippen LogP contribution in [-0.4, -0.2) is 24.1 Å². The molecule has 15 heavy (non-hydrogen) atoms. The van der Waals surface area contributed by atoms with Gasteiger partial charge in [0.25, 0.3) is 0 Å². The zero-order valence-electron chi connectivity index (χ0n) is 8.65. The van der Waals surface area contributed by atoms with Gasteiger partial charge in [-0.1, -0.05) is 11.8 Å². The molecule has 0 bridgehead atoms. The molecule has 0 spiro atoms. The molecule has 0 amide bonds. The van der Waals surface area contributed by atoms with Crippen molar-refractivity contribution >= 4 is 11.9 Å². The first-order valence-electron chi connectivity index (χ1n) is 4.60. The second-order valence-electron chi connectivity index (χ2n) is 3.13. The summed E-state index contributed by atoms with van der Waals surface area (Å²) in [4.78, 5) is 21.5. The van der Waals surface area contributed by atoms with Crippen LogP contribution in [0.4, 0.5) is 0 Å². The van der Waals surface area contributed by atoms with Gasteiger partial charge in [0.1, 0.15) is 6.10 Å². The van der Waals surface area contributed by atoms with Crippen LogP contribution in [0, 0.1) is 11.8 Å². The molecule has 4 nitrogen and oxygen atoms in total. The highest BCUT2D eigenvalue weighted by atomic mass is 16.6. The molecule has 0 radical (unpaired) electrons. The molecule has 2 atom stereocenters. The Kier molecular flexibility index (Phi) is 3.92. The predicted molar refractivity (Wildman–Crippen MR) is 52.6 cm³/mol. The van der Waals surface area contributed by atoms with Crippen LogP contribution in [0.1, 0.15) is 20.3 Å². The maximum Gasteiger partial charge on any atom is 0.303 e. The standard InChI is InChI=1S/C11H12O4/c1-8(12)14-10-5-3-4-6-11(7-10)15-9(2)13/h3,5,10-11H,7H2,1-2H3. The molecule has 1 aliphatic rings. The summed E-state index contributed by atoms with van der Waals surface area (Å²) < 4.78 is 9.93. The van der Waals surface area contributed by atoms with Gasteiger partial charge in [0.2, 0.25) is 0 Å². The Hall–Kier alpha value is -1.76. The summed E-state index contributed by atoms with van der Waals surface area (Å²) in [5.41, 5.74) is 0. The van der Waals surface area contributed by atoms with Crippen molar-refractivity contribution in [2.75, 3.05) is 0 Å². The number of rotatable bonds is 2. The van der Waals surface area contributed by atoms with Gasteiger partial charge in [-0.2, -0.15) is 0 Å². The second-order valence-corrected chi connectivity index (χ2v) is 3.13. The largest absolute Gasteiger partial charge is 0.458 e. The van der Waals surface area contributed by atoms with Crippen molar-refractivity contribution in [3.63, 3.8) is 0 Å². The number of carbonyl (C=O) groups is 2. The van der Waals surface area contributed by atoms with E-state index in [0.717, 1.165) is 0 Å². The number of hydrogen-bond acceptors (Lipinski definition) is 4. The van der Waals surface area contributed by atoms with Gasteiger partial charge in [-0.05, 0) is 12.2 Å². The highest BCUT2D eigenvalue weighted by Crippen LogP contribution is 2.10. The lowest BCUT2D eigenvalue weighted by molar-refractivity contribution is -0.148. The van der Waals surface area contributed by atoms with E-state index in [9.17, 15) is 9.59 Å². The number of ether oxygens (including phenoxy) is 2. The minimum atomic E-state index is -0.512. The van der Waals surface area contributed by atoms with E-state index < -0.39 is 18.2 Å². The lowest BCUT2D eigenvalue weighted by Crippen LogP contribution is -2.23. The fourth-order valence-corrected chi connectivity index (χ4v) is 1.22. The Morgan fingerprint density at radius 2 is 1.93 bits per heavy atom. The van der Waals surface area contributed by atoms with Crippen molar-refractivity contribution in [1.82, 2.24) is 0 Å². The van der Waals surface area contributed by atoms with Crippen LogP contribution >= 0.6 is 0 Å². The van der Waals surface area contributed by atoms with E-state index in [-0.39, 0.29) is 5.97 Å². The summed E-state index contributed by atoms with van der Waals surface area (Å²) in [6.07, 6.45) is 2.74. The van der Waals surface area contributed by atoms with E-state index >= 15 is 0 Å². The normalized spacial score (nSPS) is 23.3. The monoisotopic (exact) mass is 208 g/mol. The Balaban J connectivity index is 2.59. The summed E-state index contributed by atoms with van der Waals surface area (Å²) in [7, 11) is 0. The molecule has 1 rings (SSSR count). The smallest absolute Gasteiger partial charge is 0.303 e. The number of hydrogen-bond donors (Lipinski definition) is 0. The van der Waals surface area contributed by atoms with Gasteiger partial charge in [0, 0.05) is 20.3 Å². The third-order valence-corrected chi connectivity index (χ3v) is 1.71. The molecule has 0 saturated carbocycles. The number of carbonyl (C=O) groups excluding carboxylic acids is 2. The molecule has 0 aromatic heterocycles. The molecule has 0 N–H and O–H groups in total. The molecule has 1 aliphatic carbocycles. The van der Waals surface area contributed by atoms with Gasteiger partial charge in [-0.15, -0.1) is 0 Å². The summed E-state index contributed by atoms with van der Waals surface area (Å²) in [5, 5.41) is 0. The van der Waals surface area contributed by atoms with Crippen LogP contribution in [0.15, 0.2) is 12.2 Å². The Morgan fingerprint density at radius 3 is 2.53 bits per heavy atom. The van der Waals surface area contributed by atoms with Gasteiger partial charge in [0.15, 0.2) is 6.10 Å². The first kappa shape index (κ1) is 11.3. The van der Waals surface area contributed by atoms with Crippen LogP contribution in [0.2, 0.25) is 0 Å². The van der Waals surface area contributed by atoms with Crippen molar-refractivity contribution in [1.29, 1.82) is 0 Å². The van der Waals surface area contributed by atoms with E-state index in [1.165, 1.54) is 13.8 Å². The summed E-state index contributed by atoms with van der Waals surface area (Å²) in [5.74, 6) is 4.69. The predicted octanol–water partition coefficient (Wildman–Crippen LogP) is 0.813. The Morgan fingerprint density at radius 1 is 1.27 bits per heavy atom. The molecule has 0 heterocycles. The van der Waals surface area contributed by atoms with Crippen molar-refractivity contribution in [2.24, 2.45) is 0 Å². The van der Waals surface area contributed by atoms with Crippen LogP contribution in [-0.2, 0) is 19.1 Å². The average molecular weight is 208 g/mol. The number of allylic oxidation sites excluding steroid dienone is 1. The molecular formula is C11H12O4. The Labute approximate surface area is 88.2 Å². The average Bonchev–Trinajstić information content (AvgIpc) is 2.28.